The molecule has 0 bridgehead atoms. The van der Waals surface area contributed by atoms with Gasteiger partial charge in [-0.3, -0.25) is 0 Å². The summed E-state index contributed by atoms with van der Waals surface area (Å²) in [6.07, 6.45) is 14.1. The highest BCUT2D eigenvalue weighted by molar-refractivity contribution is 5.22. The van der Waals surface area contributed by atoms with E-state index in [-0.39, 0.29) is 17.1 Å². The van der Waals surface area contributed by atoms with Crippen molar-refractivity contribution in [2.24, 2.45) is 62.4 Å². The molecule has 5 saturated carbocycles. The zero-order valence-electron chi connectivity index (χ0n) is 24.5. The first-order valence-corrected chi connectivity index (χ1v) is 15.1. The van der Waals surface area contributed by atoms with E-state index < -0.39 is 0 Å². The van der Waals surface area contributed by atoms with E-state index in [1.54, 1.807) is 0 Å². The first-order valence-electron chi connectivity index (χ1n) is 15.1. The summed E-state index contributed by atoms with van der Waals surface area (Å²) >= 11 is 0. The second-order valence-corrected chi connectivity index (χ2v) is 16.6. The van der Waals surface area contributed by atoms with E-state index in [1.165, 1.54) is 69.8 Å². The van der Waals surface area contributed by atoms with Gasteiger partial charge >= 0.3 is 0 Å². The van der Waals surface area contributed by atoms with Crippen LogP contribution in [0.25, 0.3) is 0 Å². The molecule has 0 aromatic heterocycles. The molecule has 35 heavy (non-hydrogen) atoms. The number of hydrogen-bond donors (Lipinski definition) is 2. The number of nitrogens with two attached hydrogens (primary N) is 1. The maximum Gasteiger partial charge on any atom is 0.0594 e. The molecule has 0 amide bonds. The van der Waals surface area contributed by atoms with Crippen molar-refractivity contribution in [1.29, 1.82) is 0 Å². The molecule has 3 N–H and O–H groups in total. The highest BCUT2D eigenvalue weighted by Gasteiger charge is 2.70. The molecule has 0 aromatic rings. The fourth-order valence-electron chi connectivity index (χ4n) is 12.5. The van der Waals surface area contributed by atoms with Gasteiger partial charge in [0, 0.05) is 5.54 Å². The number of aliphatic hydroxyl groups is 1. The average molecular weight is 484 g/mol. The first kappa shape index (κ1) is 26.3. The number of hydrogen-bond acceptors (Lipinski definition) is 2. The molecule has 200 valence electrons. The van der Waals surface area contributed by atoms with Crippen molar-refractivity contribution in [1.82, 2.24) is 0 Å². The Hall–Kier alpha value is -0.340. The normalized spacial score (nSPS) is 53.2. The van der Waals surface area contributed by atoms with E-state index in [1.807, 2.05) is 0 Å². The van der Waals surface area contributed by atoms with E-state index >= 15 is 0 Å². The van der Waals surface area contributed by atoms with Crippen LogP contribution in [0.3, 0.4) is 0 Å². The lowest BCUT2D eigenvalue weighted by Gasteiger charge is -2.73. The maximum absolute atomic E-state index is 11.0. The maximum atomic E-state index is 11.0. The fraction of sp³-hybridized carbons (Fsp3) is 0.939. The summed E-state index contributed by atoms with van der Waals surface area (Å²) < 4.78 is 0. The van der Waals surface area contributed by atoms with Crippen molar-refractivity contribution >= 4 is 0 Å². The molecule has 0 aliphatic heterocycles. The zero-order valence-corrected chi connectivity index (χ0v) is 24.5. The van der Waals surface area contributed by atoms with Crippen LogP contribution in [0.15, 0.2) is 12.2 Å². The summed E-state index contributed by atoms with van der Waals surface area (Å²) in [5.41, 5.74) is 9.69. The summed E-state index contributed by atoms with van der Waals surface area (Å²) in [4.78, 5) is 0. The van der Waals surface area contributed by atoms with Crippen LogP contribution >= 0.6 is 0 Å². The Bertz CT molecular complexity index is 869. The van der Waals surface area contributed by atoms with Crippen LogP contribution in [0.2, 0.25) is 0 Å². The van der Waals surface area contributed by atoms with Crippen molar-refractivity contribution in [3.05, 3.63) is 12.2 Å². The molecule has 0 unspecified atom stereocenters. The smallest absolute Gasteiger partial charge is 0.0594 e. The van der Waals surface area contributed by atoms with E-state index in [9.17, 15) is 5.11 Å². The van der Waals surface area contributed by atoms with Crippen molar-refractivity contribution in [2.75, 3.05) is 0 Å². The molecule has 5 aliphatic carbocycles. The van der Waals surface area contributed by atoms with E-state index in [2.05, 4.69) is 62.0 Å². The Labute approximate surface area is 217 Å². The van der Waals surface area contributed by atoms with E-state index in [0.717, 1.165) is 24.2 Å². The van der Waals surface area contributed by atoms with Gasteiger partial charge in [-0.15, -0.1) is 0 Å². The molecule has 0 aromatic carbocycles. The molecule has 2 nitrogen and oxygen atoms in total. The highest BCUT2D eigenvalue weighted by Crippen LogP contribution is 2.78. The number of fused-ring (bicyclic) bond motifs is 7. The third-order valence-electron chi connectivity index (χ3n) is 14.0. The molecular formula is C33H57NO. The SMILES string of the molecule is C=C(C)[C@@H]1CC[C@]2(CC(C)(C)N)CC[C@]3(C)[C@H](CC[C@@H]4[C@@]5(C)CC[C@H](O)C(C)(C)[C@@H]5CC[C@]43C)[C@@H]12. The van der Waals surface area contributed by atoms with Gasteiger partial charge in [0.25, 0.3) is 0 Å². The Morgan fingerprint density at radius 3 is 2.17 bits per heavy atom. The second kappa shape index (κ2) is 7.84. The van der Waals surface area contributed by atoms with E-state index in [4.69, 9.17) is 5.73 Å². The van der Waals surface area contributed by atoms with Gasteiger partial charge in [-0.2, -0.15) is 0 Å². The van der Waals surface area contributed by atoms with Crippen molar-refractivity contribution in [2.45, 2.75) is 138 Å². The predicted molar refractivity (Wildman–Crippen MR) is 148 cm³/mol. The molecule has 2 heteroatoms. The van der Waals surface area contributed by atoms with Gasteiger partial charge in [0.2, 0.25) is 0 Å². The van der Waals surface area contributed by atoms with Gasteiger partial charge in [-0.05, 0) is 148 Å². The van der Waals surface area contributed by atoms with Crippen LogP contribution in [-0.2, 0) is 0 Å². The van der Waals surface area contributed by atoms with Gasteiger partial charge in [-0.1, -0.05) is 46.8 Å². The minimum absolute atomic E-state index is 0.0387. The van der Waals surface area contributed by atoms with Gasteiger partial charge in [0.15, 0.2) is 0 Å². The Morgan fingerprint density at radius 2 is 1.54 bits per heavy atom. The van der Waals surface area contributed by atoms with Gasteiger partial charge in [0.05, 0.1) is 6.10 Å². The van der Waals surface area contributed by atoms with Crippen LogP contribution in [-0.4, -0.2) is 16.7 Å². The first-order chi connectivity index (χ1) is 16.0. The molecule has 0 radical (unpaired) electrons. The van der Waals surface area contributed by atoms with Gasteiger partial charge < -0.3 is 10.8 Å². The third-order valence-corrected chi connectivity index (χ3v) is 14.0. The lowest BCUT2D eigenvalue weighted by atomic mass is 9.32. The minimum atomic E-state index is -0.137. The number of allylic oxidation sites excluding steroid dienone is 1. The molecule has 0 heterocycles. The minimum Gasteiger partial charge on any atom is -0.393 e. The summed E-state index contributed by atoms with van der Waals surface area (Å²) in [5, 5.41) is 11.0. The quantitative estimate of drug-likeness (QED) is 0.398. The largest absolute Gasteiger partial charge is 0.393 e. The average Bonchev–Trinajstić information content (AvgIpc) is 3.09. The topological polar surface area (TPSA) is 46.2 Å². The highest BCUT2D eigenvalue weighted by atomic mass is 16.3. The summed E-state index contributed by atoms with van der Waals surface area (Å²) in [6.45, 7) is 24.2. The predicted octanol–water partition coefficient (Wildman–Crippen LogP) is 8.13. The van der Waals surface area contributed by atoms with Crippen LogP contribution in [0.4, 0.5) is 0 Å². The van der Waals surface area contributed by atoms with Crippen molar-refractivity contribution in [3.63, 3.8) is 0 Å². The molecule has 5 aliphatic rings. The number of rotatable bonds is 3. The summed E-state index contributed by atoms with van der Waals surface area (Å²) in [5.74, 6) is 3.66. The Kier molecular flexibility index (Phi) is 5.89. The van der Waals surface area contributed by atoms with Crippen LogP contribution < -0.4 is 5.73 Å². The molecule has 5 rings (SSSR count). The van der Waals surface area contributed by atoms with Gasteiger partial charge in [-0.25, -0.2) is 0 Å². The second-order valence-electron chi connectivity index (χ2n) is 16.6. The van der Waals surface area contributed by atoms with Crippen LogP contribution in [0.5, 0.6) is 0 Å². The number of aliphatic hydroxyl groups excluding tert-OH is 1. The standard InChI is InChI=1S/C33H57NO/c1-21(2)22-12-17-33(20-28(3,4)34)19-18-31(8)23(27(22)33)10-11-25-30(7)15-14-26(35)29(5,6)24(30)13-16-32(25,31)9/h22-27,35H,1,10-20,34H2,2-9H3/t22-,23+,24-,25+,26-,27+,30-,31+,32+,33+/m0/s1. The lowest BCUT2D eigenvalue weighted by molar-refractivity contribution is -0.248. The summed E-state index contributed by atoms with van der Waals surface area (Å²) in [6, 6.07) is 0. The summed E-state index contributed by atoms with van der Waals surface area (Å²) in [7, 11) is 0. The third kappa shape index (κ3) is 3.47. The molecular weight excluding hydrogens is 426 g/mol. The zero-order chi connectivity index (χ0) is 25.8. The van der Waals surface area contributed by atoms with E-state index in [0.29, 0.717) is 33.5 Å². The molecule has 10 atom stereocenters. The fourth-order valence-corrected chi connectivity index (χ4v) is 12.5. The van der Waals surface area contributed by atoms with Gasteiger partial charge in [0.1, 0.15) is 0 Å². The molecule has 0 spiro atoms. The van der Waals surface area contributed by atoms with Crippen LogP contribution in [0, 0.1) is 56.7 Å². The molecule has 5 fully saturated rings. The van der Waals surface area contributed by atoms with Crippen molar-refractivity contribution < 1.29 is 5.11 Å². The lowest BCUT2D eigenvalue weighted by Crippen LogP contribution is -2.66. The Balaban J connectivity index is 1.55. The van der Waals surface area contributed by atoms with Crippen molar-refractivity contribution in [3.8, 4) is 0 Å². The monoisotopic (exact) mass is 483 g/mol. The Morgan fingerprint density at radius 1 is 0.857 bits per heavy atom. The van der Waals surface area contributed by atoms with Crippen LogP contribution in [0.1, 0.15) is 126 Å². The molecule has 0 saturated heterocycles.